The van der Waals surface area contributed by atoms with Gasteiger partial charge in [0, 0.05) is 30.9 Å². The van der Waals surface area contributed by atoms with Crippen molar-refractivity contribution in [3.05, 3.63) is 118 Å². The van der Waals surface area contributed by atoms with Crippen molar-refractivity contribution in [2.75, 3.05) is 19.0 Å². The number of pyridine rings is 1. The smallest absolute Gasteiger partial charge is 0.341 e. The molecule has 178 valence electrons. The molecule has 0 unspecified atom stereocenters. The van der Waals surface area contributed by atoms with Gasteiger partial charge in [-0.3, -0.25) is 9.59 Å². The molecule has 3 N–H and O–H groups in total. The highest BCUT2D eigenvalue weighted by Gasteiger charge is 2.10. The van der Waals surface area contributed by atoms with Gasteiger partial charge in [-0.2, -0.15) is 0 Å². The van der Waals surface area contributed by atoms with E-state index in [1.165, 1.54) is 17.8 Å². The Labute approximate surface area is 203 Å². The number of carbonyl (C=O) groups excluding carboxylic acids is 1. The molecule has 0 saturated carbocycles. The average molecular weight is 471 g/mol. The van der Waals surface area contributed by atoms with Crippen LogP contribution in [0, 0.1) is 0 Å². The SMILES string of the molecule is CNc1ccc(OCCc2ccccc2)cc1.O=Cc1cccc(-c2c[nH]c(=O)c(C(=O)O)c2)c1. The number of aromatic nitrogens is 1. The number of hydrogen-bond donors (Lipinski definition) is 3. The highest BCUT2D eigenvalue weighted by Crippen LogP contribution is 2.19. The lowest BCUT2D eigenvalue weighted by atomic mass is 10.0. The van der Waals surface area contributed by atoms with Crippen LogP contribution in [-0.2, 0) is 6.42 Å². The number of nitrogens with one attached hydrogen (secondary N) is 2. The molecule has 7 heteroatoms. The van der Waals surface area contributed by atoms with Crippen molar-refractivity contribution >= 4 is 17.9 Å². The minimum Gasteiger partial charge on any atom is -0.493 e. The molecule has 3 aromatic carbocycles. The monoisotopic (exact) mass is 470 g/mol. The standard InChI is InChI=1S/C15H17NO.C13H9NO4/c1-16-14-7-9-15(10-8-14)17-12-11-13-5-3-2-4-6-13;15-7-8-2-1-3-9(4-8)10-5-11(13(17)18)12(16)14-6-10/h2-10,16H,11-12H2,1H3;1-7H,(H,14,16)(H,17,18). The molecule has 0 amide bonds. The molecule has 0 saturated heterocycles. The molecule has 7 nitrogen and oxygen atoms in total. The lowest BCUT2D eigenvalue weighted by molar-refractivity contribution is 0.0694. The van der Waals surface area contributed by atoms with E-state index in [2.05, 4.69) is 34.6 Å². The summed E-state index contributed by atoms with van der Waals surface area (Å²) in [6.45, 7) is 0.711. The van der Waals surface area contributed by atoms with Crippen LogP contribution < -0.4 is 15.6 Å². The van der Waals surface area contributed by atoms with Crippen LogP contribution in [0.25, 0.3) is 11.1 Å². The number of carboxylic acid groups (broad SMARTS) is 1. The Morgan fingerprint density at radius 1 is 0.971 bits per heavy atom. The fourth-order valence-corrected chi connectivity index (χ4v) is 3.25. The molecule has 35 heavy (non-hydrogen) atoms. The van der Waals surface area contributed by atoms with E-state index in [-0.39, 0.29) is 5.56 Å². The third kappa shape index (κ3) is 7.43. The van der Waals surface area contributed by atoms with Crippen LogP contribution in [0.1, 0.15) is 26.3 Å². The van der Waals surface area contributed by atoms with Crippen LogP contribution >= 0.6 is 0 Å². The average Bonchev–Trinajstić information content (AvgIpc) is 2.90. The summed E-state index contributed by atoms with van der Waals surface area (Å²) in [5, 5.41) is 11.9. The number of aromatic amines is 1. The number of carboxylic acids is 1. The topological polar surface area (TPSA) is 108 Å². The van der Waals surface area contributed by atoms with Gasteiger partial charge in [0.2, 0.25) is 0 Å². The van der Waals surface area contributed by atoms with Crippen LogP contribution in [0.4, 0.5) is 5.69 Å². The predicted molar refractivity (Wildman–Crippen MR) is 136 cm³/mol. The second-order valence-corrected chi connectivity index (χ2v) is 7.54. The van der Waals surface area contributed by atoms with Crippen molar-refractivity contribution in [2.24, 2.45) is 0 Å². The predicted octanol–water partition coefficient (Wildman–Crippen LogP) is 4.90. The molecule has 0 aliphatic heterocycles. The zero-order chi connectivity index (χ0) is 25.0. The van der Waals surface area contributed by atoms with Gasteiger partial charge >= 0.3 is 5.97 Å². The quantitative estimate of drug-likeness (QED) is 0.316. The number of aromatic carboxylic acids is 1. The maximum atomic E-state index is 11.3. The summed E-state index contributed by atoms with van der Waals surface area (Å²) < 4.78 is 5.68. The molecule has 0 bridgehead atoms. The van der Waals surface area contributed by atoms with Gasteiger partial charge in [-0.1, -0.05) is 48.5 Å². The number of anilines is 1. The summed E-state index contributed by atoms with van der Waals surface area (Å²) in [7, 11) is 1.91. The zero-order valence-corrected chi connectivity index (χ0v) is 19.2. The first kappa shape index (κ1) is 25.0. The lowest BCUT2D eigenvalue weighted by Gasteiger charge is -2.07. The van der Waals surface area contributed by atoms with E-state index in [4.69, 9.17) is 9.84 Å². The van der Waals surface area contributed by atoms with Crippen molar-refractivity contribution in [1.29, 1.82) is 0 Å². The van der Waals surface area contributed by atoms with E-state index < -0.39 is 11.5 Å². The van der Waals surface area contributed by atoms with E-state index in [1.54, 1.807) is 24.3 Å². The van der Waals surface area contributed by atoms with Crippen LogP contribution in [0.3, 0.4) is 0 Å². The van der Waals surface area contributed by atoms with Crippen LogP contribution in [0.2, 0.25) is 0 Å². The summed E-state index contributed by atoms with van der Waals surface area (Å²) in [5.74, 6) is -0.371. The van der Waals surface area contributed by atoms with Crippen LogP contribution in [0.5, 0.6) is 5.75 Å². The fraction of sp³-hybridized carbons (Fsp3) is 0.107. The highest BCUT2D eigenvalue weighted by molar-refractivity contribution is 5.89. The van der Waals surface area contributed by atoms with E-state index in [9.17, 15) is 14.4 Å². The molecule has 0 radical (unpaired) electrons. The minimum atomic E-state index is -1.29. The van der Waals surface area contributed by atoms with Crippen LogP contribution in [0.15, 0.2) is 95.9 Å². The molecule has 4 rings (SSSR count). The van der Waals surface area contributed by atoms with Gasteiger partial charge in [-0.05, 0) is 53.1 Å². The number of rotatable bonds is 8. The number of benzene rings is 3. The molecule has 0 aliphatic carbocycles. The molecule has 1 heterocycles. The number of ether oxygens (including phenoxy) is 1. The summed E-state index contributed by atoms with van der Waals surface area (Å²) in [6.07, 6.45) is 3.06. The largest absolute Gasteiger partial charge is 0.493 e. The van der Waals surface area contributed by atoms with Crippen molar-refractivity contribution in [1.82, 2.24) is 4.98 Å². The third-order valence-corrected chi connectivity index (χ3v) is 5.13. The molecule has 0 aliphatic rings. The van der Waals surface area contributed by atoms with Gasteiger partial charge in [-0.15, -0.1) is 0 Å². The van der Waals surface area contributed by atoms with Crippen molar-refractivity contribution < 1.29 is 19.4 Å². The van der Waals surface area contributed by atoms with Gasteiger partial charge in [0.1, 0.15) is 17.6 Å². The summed E-state index contributed by atoms with van der Waals surface area (Å²) in [4.78, 5) is 35.2. The first-order valence-corrected chi connectivity index (χ1v) is 11.0. The summed E-state index contributed by atoms with van der Waals surface area (Å²) in [5.41, 5.74) is 3.10. The zero-order valence-electron chi connectivity index (χ0n) is 19.2. The van der Waals surface area contributed by atoms with Crippen molar-refractivity contribution in [3.8, 4) is 16.9 Å². The highest BCUT2D eigenvalue weighted by atomic mass is 16.5. The maximum absolute atomic E-state index is 11.3. The normalized spacial score (nSPS) is 9.97. The van der Waals surface area contributed by atoms with E-state index in [0.717, 1.165) is 17.9 Å². The third-order valence-electron chi connectivity index (χ3n) is 5.13. The molecule has 0 atom stereocenters. The Morgan fingerprint density at radius 2 is 1.71 bits per heavy atom. The second kappa shape index (κ2) is 12.6. The molecule has 0 fully saturated rings. The van der Waals surface area contributed by atoms with E-state index >= 15 is 0 Å². The maximum Gasteiger partial charge on any atom is 0.341 e. The first-order chi connectivity index (χ1) is 17.0. The molecule has 4 aromatic rings. The number of H-pyrrole nitrogens is 1. The molecular formula is C28H26N2O5. The summed E-state index contributed by atoms with van der Waals surface area (Å²) >= 11 is 0. The lowest BCUT2D eigenvalue weighted by Crippen LogP contribution is -2.16. The van der Waals surface area contributed by atoms with Gasteiger partial charge < -0.3 is 20.1 Å². The Morgan fingerprint density at radius 3 is 2.37 bits per heavy atom. The van der Waals surface area contributed by atoms with E-state index in [1.807, 2.05) is 37.4 Å². The number of carbonyl (C=O) groups is 2. The second-order valence-electron chi connectivity index (χ2n) is 7.54. The minimum absolute atomic E-state index is 0.330. The fourth-order valence-electron chi connectivity index (χ4n) is 3.25. The Bertz CT molecular complexity index is 1320. The van der Waals surface area contributed by atoms with Gasteiger partial charge in [0.05, 0.1) is 6.61 Å². The molecule has 0 spiro atoms. The van der Waals surface area contributed by atoms with E-state index in [0.29, 0.717) is 29.6 Å². The van der Waals surface area contributed by atoms with Crippen molar-refractivity contribution in [2.45, 2.75) is 6.42 Å². The molecule has 1 aromatic heterocycles. The number of aldehydes is 1. The Balaban J connectivity index is 0.000000196. The van der Waals surface area contributed by atoms with Crippen LogP contribution in [-0.4, -0.2) is 36.0 Å². The van der Waals surface area contributed by atoms with Gasteiger partial charge in [0.25, 0.3) is 5.56 Å². The summed E-state index contributed by atoms with van der Waals surface area (Å²) in [6, 6.07) is 26.3. The van der Waals surface area contributed by atoms with Crippen molar-refractivity contribution in [3.63, 3.8) is 0 Å². The van der Waals surface area contributed by atoms with Gasteiger partial charge in [-0.25, -0.2) is 4.79 Å². The Kier molecular flexibility index (Phi) is 8.96. The molecular weight excluding hydrogens is 444 g/mol. The first-order valence-electron chi connectivity index (χ1n) is 11.0. The Hall–Kier alpha value is -4.65. The van der Waals surface area contributed by atoms with Gasteiger partial charge in [0.15, 0.2) is 0 Å². The number of hydrogen-bond acceptors (Lipinski definition) is 5.